The Bertz CT molecular complexity index is 782. The third-order valence-corrected chi connectivity index (χ3v) is 7.04. The molecule has 0 radical (unpaired) electrons. The van der Waals surface area contributed by atoms with Gasteiger partial charge in [-0.25, -0.2) is 0 Å². The molecule has 0 spiro atoms. The summed E-state index contributed by atoms with van der Waals surface area (Å²) in [5.41, 5.74) is 2.19. The first kappa shape index (κ1) is 28.5. The minimum absolute atomic E-state index is 0.256. The summed E-state index contributed by atoms with van der Waals surface area (Å²) >= 11 is 12.7. The van der Waals surface area contributed by atoms with Gasteiger partial charge in [0.1, 0.15) is 5.78 Å². The molecule has 1 aliphatic heterocycles. The zero-order chi connectivity index (χ0) is 24.3. The lowest BCUT2D eigenvalue weighted by Crippen LogP contribution is -2.43. The molecule has 0 N–H and O–H groups in total. The number of ketones is 1. The maximum atomic E-state index is 10.8. The highest BCUT2D eigenvalue weighted by atomic mass is 35.5. The molecule has 1 aliphatic rings. The van der Waals surface area contributed by atoms with Crippen molar-refractivity contribution in [2.75, 3.05) is 6.54 Å². The van der Waals surface area contributed by atoms with Crippen LogP contribution < -0.4 is 0 Å². The Labute approximate surface area is 206 Å². The van der Waals surface area contributed by atoms with Gasteiger partial charge >= 0.3 is 0 Å². The molecule has 1 heterocycles. The van der Waals surface area contributed by atoms with Crippen LogP contribution in [0.1, 0.15) is 78.7 Å². The molecule has 3 unspecified atom stereocenters. The monoisotopic (exact) mass is 477 g/mol. The number of likely N-dealkylation sites (tertiary alicyclic amines) is 1. The Morgan fingerprint density at radius 1 is 1.22 bits per heavy atom. The van der Waals surface area contributed by atoms with Crippen LogP contribution in [0, 0.1) is 11.8 Å². The van der Waals surface area contributed by atoms with Crippen molar-refractivity contribution < 1.29 is 4.79 Å². The minimum Gasteiger partial charge on any atom is -0.366 e. The average Bonchev–Trinajstić information content (AvgIpc) is 2.79. The molecule has 1 aromatic rings. The molecule has 0 amide bonds. The largest absolute Gasteiger partial charge is 0.366 e. The Morgan fingerprint density at radius 2 is 1.84 bits per heavy atom. The number of piperidine rings is 1. The van der Waals surface area contributed by atoms with Crippen molar-refractivity contribution in [2.24, 2.45) is 11.8 Å². The maximum Gasteiger partial charge on any atom is 0.130 e. The summed E-state index contributed by atoms with van der Waals surface area (Å²) in [5, 5.41) is 1.37. The molecular weight excluding hydrogens is 437 g/mol. The quantitative estimate of drug-likeness (QED) is 0.348. The van der Waals surface area contributed by atoms with Gasteiger partial charge in [0, 0.05) is 19.0 Å². The number of carbonyl (C=O) groups is 1. The number of hydrogen-bond acceptors (Lipinski definition) is 2. The Morgan fingerprint density at radius 3 is 2.31 bits per heavy atom. The third kappa shape index (κ3) is 8.79. The number of rotatable bonds is 8. The second-order valence-electron chi connectivity index (χ2n) is 9.04. The first-order chi connectivity index (χ1) is 15.2. The molecular formula is C28H41Cl2NO. The lowest BCUT2D eigenvalue weighted by molar-refractivity contribution is -0.117. The van der Waals surface area contributed by atoms with Crippen LogP contribution in [-0.4, -0.2) is 23.3 Å². The van der Waals surface area contributed by atoms with E-state index in [1.165, 1.54) is 18.4 Å². The molecule has 0 aliphatic carbocycles. The van der Waals surface area contributed by atoms with Gasteiger partial charge < -0.3 is 9.69 Å². The number of Topliss-reactive ketones (excluding diaryl/α,β-unsaturated/α-hetero) is 1. The standard InChI is InChI=1S/C17H27Cl2N.C11H14O/c1-6-14-11-13(12(4)5)9-10-20(14)17(15(18)7-2)16(19)8-3;1-9(8-10(2)12)11-6-4-3-5-7-11/h7-8,12-14H,2,6,9-11H2,1,3-5H3;3-7,9H,8H2,1-2H3/b16-8+,17-15-;. The molecule has 1 saturated heterocycles. The van der Waals surface area contributed by atoms with Crippen LogP contribution in [0.4, 0.5) is 0 Å². The highest BCUT2D eigenvalue weighted by molar-refractivity contribution is 6.36. The number of benzene rings is 1. The molecule has 1 aromatic carbocycles. The first-order valence-corrected chi connectivity index (χ1v) is 12.6. The molecule has 32 heavy (non-hydrogen) atoms. The first-order valence-electron chi connectivity index (χ1n) is 11.8. The summed E-state index contributed by atoms with van der Waals surface area (Å²) in [6, 6.07) is 10.6. The SMILES string of the molecule is C=C/C(Cl)=C(\C(Cl)=C/C)N1CCC(C(C)C)CC1CC.CC(=O)CC(C)c1ccccc1. The van der Waals surface area contributed by atoms with Gasteiger partial charge in [-0.1, -0.05) is 93.9 Å². The number of halogens is 2. The molecule has 3 atom stereocenters. The number of allylic oxidation sites excluding steroid dienone is 4. The van der Waals surface area contributed by atoms with Gasteiger partial charge in [-0.05, 0) is 62.5 Å². The fourth-order valence-electron chi connectivity index (χ4n) is 4.32. The van der Waals surface area contributed by atoms with Crippen LogP contribution in [-0.2, 0) is 4.79 Å². The van der Waals surface area contributed by atoms with E-state index in [0.717, 1.165) is 35.5 Å². The summed E-state index contributed by atoms with van der Waals surface area (Å²) in [6.45, 7) is 17.3. The lowest BCUT2D eigenvalue weighted by atomic mass is 9.82. The second-order valence-corrected chi connectivity index (χ2v) is 9.85. The van der Waals surface area contributed by atoms with Crippen LogP contribution in [0.3, 0.4) is 0 Å². The van der Waals surface area contributed by atoms with Crippen LogP contribution in [0.2, 0.25) is 0 Å². The number of hydrogen-bond donors (Lipinski definition) is 0. The van der Waals surface area contributed by atoms with Gasteiger partial charge in [0.25, 0.3) is 0 Å². The summed E-state index contributed by atoms with van der Waals surface area (Å²) in [5.74, 6) is 2.14. The second kappa shape index (κ2) is 14.6. The minimum atomic E-state index is 0.256. The van der Waals surface area contributed by atoms with Crippen molar-refractivity contribution in [2.45, 2.75) is 79.2 Å². The van der Waals surface area contributed by atoms with Crippen molar-refractivity contribution >= 4 is 29.0 Å². The highest BCUT2D eigenvalue weighted by Crippen LogP contribution is 2.36. The number of carbonyl (C=O) groups excluding carboxylic acids is 1. The van der Waals surface area contributed by atoms with Crippen LogP contribution in [0.15, 0.2) is 64.8 Å². The predicted octanol–water partition coefficient (Wildman–Crippen LogP) is 8.68. The maximum absolute atomic E-state index is 10.8. The molecule has 0 aromatic heterocycles. The summed E-state index contributed by atoms with van der Waals surface area (Å²) in [4.78, 5) is 13.2. The summed E-state index contributed by atoms with van der Waals surface area (Å²) < 4.78 is 0. The summed E-state index contributed by atoms with van der Waals surface area (Å²) in [7, 11) is 0. The van der Waals surface area contributed by atoms with Crippen molar-refractivity contribution in [3.05, 3.63) is 70.4 Å². The molecule has 1 fully saturated rings. The number of nitrogens with zero attached hydrogens (tertiary/aromatic N) is 1. The van der Waals surface area contributed by atoms with E-state index in [0.29, 0.717) is 23.4 Å². The Hall–Kier alpha value is -1.51. The van der Waals surface area contributed by atoms with Crippen molar-refractivity contribution in [1.29, 1.82) is 0 Å². The molecule has 178 valence electrons. The average molecular weight is 479 g/mol. The predicted molar refractivity (Wildman–Crippen MR) is 141 cm³/mol. The van der Waals surface area contributed by atoms with E-state index in [1.54, 1.807) is 13.0 Å². The Balaban J connectivity index is 0.000000363. The Kier molecular flexibility index (Phi) is 13.0. The van der Waals surface area contributed by atoms with Crippen molar-refractivity contribution in [1.82, 2.24) is 4.90 Å². The van der Waals surface area contributed by atoms with E-state index < -0.39 is 0 Å². The van der Waals surface area contributed by atoms with Gasteiger partial charge in [0.2, 0.25) is 0 Å². The van der Waals surface area contributed by atoms with E-state index in [-0.39, 0.29) is 5.78 Å². The third-order valence-electron chi connectivity index (χ3n) is 6.31. The smallest absolute Gasteiger partial charge is 0.130 e. The van der Waals surface area contributed by atoms with E-state index in [4.69, 9.17) is 23.2 Å². The van der Waals surface area contributed by atoms with Gasteiger partial charge in [0.15, 0.2) is 0 Å². The zero-order valence-electron chi connectivity index (χ0n) is 20.7. The molecule has 2 rings (SSSR count). The molecule has 0 bridgehead atoms. The van der Waals surface area contributed by atoms with E-state index in [9.17, 15) is 4.79 Å². The van der Waals surface area contributed by atoms with Crippen molar-refractivity contribution in [3.8, 4) is 0 Å². The molecule has 4 heteroatoms. The van der Waals surface area contributed by atoms with E-state index >= 15 is 0 Å². The summed E-state index contributed by atoms with van der Waals surface area (Å²) in [6.07, 6.45) is 7.76. The zero-order valence-corrected chi connectivity index (χ0v) is 22.2. The van der Waals surface area contributed by atoms with E-state index in [2.05, 4.69) is 51.3 Å². The van der Waals surface area contributed by atoms with Crippen LogP contribution in [0.25, 0.3) is 0 Å². The molecule has 2 nitrogen and oxygen atoms in total. The normalized spacial score (nSPS) is 20.8. The van der Waals surface area contributed by atoms with Gasteiger partial charge in [-0.15, -0.1) is 0 Å². The molecule has 0 saturated carbocycles. The van der Waals surface area contributed by atoms with Gasteiger partial charge in [0.05, 0.1) is 15.8 Å². The van der Waals surface area contributed by atoms with Crippen molar-refractivity contribution in [3.63, 3.8) is 0 Å². The fraction of sp³-hybridized carbons (Fsp3) is 0.536. The topological polar surface area (TPSA) is 20.3 Å². The van der Waals surface area contributed by atoms with Gasteiger partial charge in [-0.2, -0.15) is 0 Å². The van der Waals surface area contributed by atoms with E-state index in [1.807, 2.05) is 31.2 Å². The van der Waals surface area contributed by atoms with Crippen LogP contribution >= 0.6 is 23.2 Å². The van der Waals surface area contributed by atoms with Crippen LogP contribution in [0.5, 0.6) is 0 Å². The lowest BCUT2D eigenvalue weighted by Gasteiger charge is -2.43. The van der Waals surface area contributed by atoms with Gasteiger partial charge in [-0.3, -0.25) is 0 Å². The fourth-order valence-corrected chi connectivity index (χ4v) is 4.79. The highest BCUT2D eigenvalue weighted by Gasteiger charge is 2.31.